The molecule has 0 aliphatic rings. The molecule has 2 rings (SSSR count). The predicted molar refractivity (Wildman–Crippen MR) is 85.0 cm³/mol. The fourth-order valence-electron chi connectivity index (χ4n) is 1.85. The summed E-state index contributed by atoms with van der Waals surface area (Å²) in [5.74, 6) is 2.78. The van der Waals surface area contributed by atoms with Gasteiger partial charge in [0.15, 0.2) is 0 Å². The molecular weight excluding hydrogens is 503 g/mol. The Morgan fingerprint density at radius 3 is 2.95 bits per heavy atom. The van der Waals surface area contributed by atoms with Crippen molar-refractivity contribution in [1.82, 2.24) is 0 Å². The number of hydrogen-bond donors (Lipinski definition) is 1. The van der Waals surface area contributed by atoms with Crippen molar-refractivity contribution in [2.75, 3.05) is 13.9 Å². The number of hydrogen-bond acceptors (Lipinski definition) is 4. The van der Waals surface area contributed by atoms with Crippen LogP contribution in [0.5, 0.6) is 11.5 Å². The van der Waals surface area contributed by atoms with E-state index in [0.29, 0.717) is 16.5 Å². The van der Waals surface area contributed by atoms with Gasteiger partial charge in [0.1, 0.15) is 0 Å². The zero-order valence-corrected chi connectivity index (χ0v) is 17.3. The second-order valence-electron chi connectivity index (χ2n) is 4.02. The Morgan fingerprint density at radius 2 is 2.24 bits per heavy atom. The van der Waals surface area contributed by atoms with Crippen molar-refractivity contribution >= 4 is 49.7 Å². The number of rotatable bonds is 3. The van der Waals surface area contributed by atoms with E-state index in [0.717, 1.165) is 4.00 Å². The summed E-state index contributed by atoms with van der Waals surface area (Å²) in [4.78, 5) is 0. The first-order valence-corrected chi connectivity index (χ1v) is 16.1. The fraction of sp³-hybridized carbons (Fsp3) is 0.143. The van der Waals surface area contributed by atoms with Crippen molar-refractivity contribution in [3.05, 3.63) is 35.6 Å². The topological polar surface area (TPSA) is 38.7 Å². The Hall–Kier alpha value is -0.678. The maximum atomic E-state index is 14.0. The summed E-state index contributed by atoms with van der Waals surface area (Å²) < 4.78 is 28.0. The number of methoxy groups -OCH3 is 1. The zero-order valence-electron chi connectivity index (χ0n) is 11.1. The number of fused-ring (bicyclic) bond motifs is 1. The van der Waals surface area contributed by atoms with Crippen molar-refractivity contribution < 1.29 is 19.0 Å². The quantitative estimate of drug-likeness (QED) is 0.297. The first kappa shape index (κ1) is 16.7. The molecule has 0 aromatic heterocycles. The van der Waals surface area contributed by atoms with Crippen molar-refractivity contribution in [2.24, 2.45) is 0 Å². The van der Waals surface area contributed by atoms with Crippen LogP contribution < -0.4 is 4.74 Å². The third kappa shape index (κ3) is 4.16. The number of ether oxygens (including phenoxy) is 2. The van der Waals surface area contributed by atoms with Crippen LogP contribution in [0.1, 0.15) is 5.56 Å². The molecule has 0 amide bonds. The molecule has 0 aliphatic carbocycles. The number of phenolic OH excluding ortho intramolecular Hbond substituents is 1. The number of phenols is 1. The van der Waals surface area contributed by atoms with Gasteiger partial charge in [-0.05, 0) is 0 Å². The van der Waals surface area contributed by atoms with Crippen LogP contribution in [0.15, 0.2) is 24.3 Å². The Labute approximate surface area is 138 Å². The third-order valence-corrected chi connectivity index (χ3v) is 8.98. The minimum atomic E-state index is -1.29. The van der Waals surface area contributed by atoms with Crippen LogP contribution in [0.2, 0.25) is 0 Å². The van der Waals surface area contributed by atoms with Gasteiger partial charge in [0.2, 0.25) is 0 Å². The molecule has 0 fully saturated rings. The molecule has 1 N–H and O–H groups in total. The Bertz CT molecular complexity index is 794. The number of halogens is 1. The van der Waals surface area contributed by atoms with Gasteiger partial charge in [-0.3, -0.25) is 0 Å². The molecule has 7 heteroatoms. The summed E-state index contributed by atoms with van der Waals surface area (Å²) in [5, 5.41) is 11.2. The zero-order chi connectivity index (χ0) is 15.2. The molecule has 0 saturated heterocycles. The molecule has 0 atom stereocenters. The van der Waals surface area contributed by atoms with E-state index in [-0.39, 0.29) is 18.1 Å². The van der Waals surface area contributed by atoms with E-state index in [2.05, 4.69) is 9.40 Å². The minimum absolute atomic E-state index is 0.0617. The first-order chi connectivity index (χ1) is 10.2. The van der Waals surface area contributed by atoms with Gasteiger partial charge in [-0.2, -0.15) is 0 Å². The molecule has 2 aromatic rings. The van der Waals surface area contributed by atoms with Crippen LogP contribution in [-0.2, 0) is 16.5 Å². The second-order valence-corrected chi connectivity index (χ2v) is 16.6. The van der Waals surface area contributed by atoms with E-state index in [1.54, 1.807) is 12.1 Å². The van der Waals surface area contributed by atoms with Crippen molar-refractivity contribution in [1.29, 1.82) is 0 Å². The van der Waals surface area contributed by atoms with Crippen LogP contribution in [0.4, 0.5) is 4.39 Å². The molecule has 0 spiro atoms. The van der Waals surface area contributed by atoms with E-state index >= 15 is 0 Å². The van der Waals surface area contributed by atoms with Crippen LogP contribution in [0.3, 0.4) is 0 Å². The maximum absolute atomic E-state index is 14.0. The molecule has 0 saturated carbocycles. The van der Waals surface area contributed by atoms with Crippen LogP contribution in [0, 0.1) is 15.2 Å². The third-order valence-electron chi connectivity index (χ3n) is 2.68. The van der Waals surface area contributed by atoms with Gasteiger partial charge in [-0.1, -0.05) is 0 Å². The van der Waals surface area contributed by atoms with E-state index in [4.69, 9.17) is 21.3 Å². The SMILES string of the molecule is COCOc1cc(O)c2c(C#[C][Tl]=[P+]=S)c(F)ccc2c1. The molecule has 3 nitrogen and oxygen atoms in total. The molecule has 2 aromatic carbocycles. The van der Waals surface area contributed by atoms with Crippen LogP contribution >= 0.6 is 4.00 Å². The van der Waals surface area contributed by atoms with Gasteiger partial charge < -0.3 is 0 Å². The predicted octanol–water partition coefficient (Wildman–Crippen LogP) is 3.00. The van der Waals surface area contributed by atoms with Crippen molar-refractivity contribution in [2.45, 2.75) is 0 Å². The summed E-state index contributed by atoms with van der Waals surface area (Å²) in [6.45, 7) is 0.0745. The van der Waals surface area contributed by atoms with E-state index in [1.165, 1.54) is 19.2 Å². The molecule has 0 unspecified atom stereocenters. The van der Waals surface area contributed by atoms with Gasteiger partial charge in [0.25, 0.3) is 0 Å². The molecule has 21 heavy (non-hydrogen) atoms. The summed E-state index contributed by atoms with van der Waals surface area (Å²) in [7, 11) is 1.51. The summed E-state index contributed by atoms with van der Waals surface area (Å²) in [6, 6.07) is 6.07. The van der Waals surface area contributed by atoms with E-state index in [9.17, 15) is 9.50 Å². The van der Waals surface area contributed by atoms with Gasteiger partial charge in [-0.25, -0.2) is 0 Å². The standard InChI is InChI=1S/C14H10FO3.PS.Tl/c1-3-11-12(15)5-4-9-6-10(18-8-17-2)7-13(16)14(9)11;1-2;/h4-7,16H,8H2,2H3;;/q;-1;+2. The summed E-state index contributed by atoms with van der Waals surface area (Å²) in [5.41, 5.74) is 0.221. The second kappa shape index (κ2) is 8.09. The van der Waals surface area contributed by atoms with E-state index < -0.39 is 28.9 Å². The summed E-state index contributed by atoms with van der Waals surface area (Å²) >= 11 is 3.58. The fourth-order valence-corrected chi connectivity index (χ4v) is 5.29. The van der Waals surface area contributed by atoms with Gasteiger partial charge in [0, 0.05) is 0 Å². The van der Waals surface area contributed by atoms with Crippen molar-refractivity contribution in [3.63, 3.8) is 0 Å². The van der Waals surface area contributed by atoms with Crippen LogP contribution in [0.25, 0.3) is 10.8 Å². The first-order valence-electron chi connectivity index (χ1n) is 5.90. The van der Waals surface area contributed by atoms with Gasteiger partial charge in [-0.15, -0.1) is 0 Å². The average molecular weight is 513 g/mol. The molecule has 0 radical (unpaired) electrons. The number of benzene rings is 2. The average Bonchev–Trinajstić information content (AvgIpc) is 2.47. The Morgan fingerprint density at radius 1 is 1.43 bits per heavy atom. The molecule has 0 heterocycles. The monoisotopic (exact) mass is 513 g/mol. The molecule has 0 bridgehead atoms. The Kier molecular flexibility index (Phi) is 6.43. The Balaban J connectivity index is 2.62. The van der Waals surface area contributed by atoms with E-state index in [1.807, 2.05) is 0 Å². The van der Waals surface area contributed by atoms with Gasteiger partial charge >= 0.3 is 139 Å². The molecule has 0 aliphatic heterocycles. The number of aromatic hydroxyl groups is 1. The normalized spacial score (nSPS) is 9.62. The molecule has 104 valence electrons. The summed E-state index contributed by atoms with van der Waals surface area (Å²) in [6.07, 6.45) is 0. The van der Waals surface area contributed by atoms with Gasteiger partial charge in [0.05, 0.1) is 0 Å². The molecular formula is C14H10FO3PSTl+. The van der Waals surface area contributed by atoms with Crippen molar-refractivity contribution in [3.8, 4) is 20.9 Å². The van der Waals surface area contributed by atoms with Crippen LogP contribution in [-0.4, -0.2) is 42.1 Å².